The van der Waals surface area contributed by atoms with Crippen LogP contribution < -0.4 is 9.64 Å². The van der Waals surface area contributed by atoms with Crippen molar-refractivity contribution in [1.82, 2.24) is 9.88 Å². The zero-order valence-corrected chi connectivity index (χ0v) is 20.2. The molecule has 1 fully saturated rings. The van der Waals surface area contributed by atoms with Crippen molar-refractivity contribution in [1.29, 1.82) is 0 Å². The van der Waals surface area contributed by atoms with Gasteiger partial charge in [0, 0.05) is 31.9 Å². The number of pyridine rings is 1. The molecule has 6 nitrogen and oxygen atoms in total. The van der Waals surface area contributed by atoms with Crippen LogP contribution in [-0.2, 0) is 11.3 Å². The highest BCUT2D eigenvalue weighted by atomic mass is 16.5. The van der Waals surface area contributed by atoms with Gasteiger partial charge < -0.3 is 14.4 Å². The Labute approximate surface area is 202 Å². The Morgan fingerprint density at radius 1 is 1.06 bits per heavy atom. The number of hydrogen-bond acceptors (Lipinski definition) is 6. The number of rotatable bonds is 9. The molecular formula is C28H33N3O3. The third-order valence-electron chi connectivity index (χ3n) is 6.02. The monoisotopic (exact) mass is 459 g/mol. The Hall–Kier alpha value is -3.38. The molecule has 4 rings (SSSR count). The minimum atomic E-state index is -0.313. The number of anilines is 1. The molecule has 0 radical (unpaired) electrons. The largest absolute Gasteiger partial charge is 0.459 e. The first-order chi connectivity index (χ1) is 16.5. The number of hydrogen-bond donors (Lipinski definition) is 0. The Balaban J connectivity index is 1.39. The van der Waals surface area contributed by atoms with E-state index in [2.05, 4.69) is 33.8 Å². The first kappa shape index (κ1) is 23.8. The lowest BCUT2D eigenvalue weighted by molar-refractivity contribution is 0.0378. The molecule has 2 heterocycles. The summed E-state index contributed by atoms with van der Waals surface area (Å²) in [6.45, 7) is 9.43. The van der Waals surface area contributed by atoms with E-state index in [1.54, 1.807) is 18.3 Å². The smallest absolute Gasteiger partial charge is 0.342 e. The molecule has 1 aliphatic rings. The van der Waals surface area contributed by atoms with E-state index in [1.165, 1.54) is 5.56 Å². The van der Waals surface area contributed by atoms with Gasteiger partial charge in [0.05, 0.1) is 6.10 Å². The fourth-order valence-electron chi connectivity index (χ4n) is 4.34. The molecule has 0 aliphatic carbocycles. The van der Waals surface area contributed by atoms with E-state index in [9.17, 15) is 4.79 Å². The maximum absolute atomic E-state index is 12.6. The molecular weight excluding hydrogens is 426 g/mol. The topological polar surface area (TPSA) is 54.9 Å². The van der Waals surface area contributed by atoms with Gasteiger partial charge in [-0.05, 0) is 68.8 Å². The molecule has 178 valence electrons. The van der Waals surface area contributed by atoms with E-state index < -0.39 is 0 Å². The maximum Gasteiger partial charge on any atom is 0.342 e. The van der Waals surface area contributed by atoms with Gasteiger partial charge in [-0.25, -0.2) is 9.78 Å². The minimum absolute atomic E-state index is 0.160. The summed E-state index contributed by atoms with van der Waals surface area (Å²) in [6, 6.07) is 22.1. The molecule has 0 amide bonds. The lowest BCUT2D eigenvalue weighted by atomic mass is 10.1. The second-order valence-electron chi connectivity index (χ2n) is 8.84. The lowest BCUT2D eigenvalue weighted by Crippen LogP contribution is -2.37. The molecule has 1 atom stereocenters. The van der Waals surface area contributed by atoms with E-state index in [0.29, 0.717) is 17.4 Å². The fourth-order valence-corrected chi connectivity index (χ4v) is 4.34. The molecule has 0 saturated carbocycles. The summed E-state index contributed by atoms with van der Waals surface area (Å²) in [5.74, 6) is 2.07. The molecule has 0 N–H and O–H groups in total. The number of ether oxygens (including phenoxy) is 2. The second kappa shape index (κ2) is 11.2. The Morgan fingerprint density at radius 2 is 1.79 bits per heavy atom. The third-order valence-corrected chi connectivity index (χ3v) is 6.02. The van der Waals surface area contributed by atoms with Crippen molar-refractivity contribution >= 4 is 11.8 Å². The predicted octanol–water partition coefficient (Wildman–Crippen LogP) is 5.54. The molecule has 1 unspecified atom stereocenters. The van der Waals surface area contributed by atoms with E-state index in [0.717, 1.165) is 44.1 Å². The number of carbonyl (C=O) groups excluding carboxylic acids is 1. The zero-order chi connectivity index (χ0) is 23.9. The number of nitrogens with zero attached hydrogens (tertiary/aromatic N) is 3. The van der Waals surface area contributed by atoms with Crippen molar-refractivity contribution in [3.8, 4) is 11.5 Å². The summed E-state index contributed by atoms with van der Waals surface area (Å²) in [5, 5.41) is 0. The lowest BCUT2D eigenvalue weighted by Gasteiger charge is -2.28. The average molecular weight is 460 g/mol. The van der Waals surface area contributed by atoms with E-state index >= 15 is 0 Å². The van der Waals surface area contributed by atoms with E-state index in [-0.39, 0.29) is 12.1 Å². The van der Waals surface area contributed by atoms with Crippen molar-refractivity contribution in [2.24, 2.45) is 0 Å². The van der Waals surface area contributed by atoms with Crippen LogP contribution in [0.15, 0.2) is 72.9 Å². The van der Waals surface area contributed by atoms with Gasteiger partial charge in [-0.3, -0.25) is 4.90 Å². The van der Waals surface area contributed by atoms with Crippen LogP contribution in [0.1, 0.15) is 43.1 Å². The van der Waals surface area contributed by atoms with Crippen LogP contribution in [0.5, 0.6) is 11.5 Å². The van der Waals surface area contributed by atoms with Crippen LogP contribution in [-0.4, -0.2) is 47.6 Å². The van der Waals surface area contributed by atoms with Gasteiger partial charge in [-0.15, -0.1) is 0 Å². The number of para-hydroxylation sites is 1. The summed E-state index contributed by atoms with van der Waals surface area (Å²) < 4.78 is 11.3. The molecule has 1 aliphatic heterocycles. The summed E-state index contributed by atoms with van der Waals surface area (Å²) >= 11 is 0. The van der Waals surface area contributed by atoms with E-state index in [1.807, 2.05) is 56.3 Å². The SMILES string of the molecule is CCN(Cc1ccc(Oc2ccccc2)cc1)C1CCN(c2ncccc2C(=O)OC(C)C)C1. The molecule has 3 aromatic rings. The van der Waals surface area contributed by atoms with Gasteiger partial charge in [0.2, 0.25) is 0 Å². The standard InChI is InChI=1S/C28H33N3O3/c1-4-30(19-22-12-14-25(15-13-22)34-24-9-6-5-7-10-24)23-16-18-31(20-23)27-26(11-8-17-29-27)28(32)33-21(2)3/h5-15,17,21,23H,4,16,18-20H2,1-3H3. The quantitative estimate of drug-likeness (QED) is 0.392. The fraction of sp³-hybridized carbons (Fsp3) is 0.357. The highest BCUT2D eigenvalue weighted by Crippen LogP contribution is 2.27. The third kappa shape index (κ3) is 5.94. The average Bonchev–Trinajstić information content (AvgIpc) is 3.34. The zero-order valence-electron chi connectivity index (χ0n) is 20.2. The number of likely N-dealkylation sites (N-methyl/N-ethyl adjacent to an activating group) is 1. The van der Waals surface area contributed by atoms with Crippen molar-refractivity contribution in [3.63, 3.8) is 0 Å². The Kier molecular flexibility index (Phi) is 7.80. The number of carbonyl (C=O) groups is 1. The van der Waals surface area contributed by atoms with Crippen molar-refractivity contribution in [3.05, 3.63) is 84.1 Å². The Bertz CT molecular complexity index is 1070. The molecule has 6 heteroatoms. The molecule has 1 saturated heterocycles. The molecule has 1 aromatic heterocycles. The van der Waals surface area contributed by atoms with E-state index in [4.69, 9.17) is 9.47 Å². The first-order valence-corrected chi connectivity index (χ1v) is 12.0. The van der Waals surface area contributed by atoms with Crippen LogP contribution >= 0.6 is 0 Å². The van der Waals surface area contributed by atoms with Crippen LogP contribution in [0.2, 0.25) is 0 Å². The van der Waals surface area contributed by atoms with Gasteiger partial charge in [0.25, 0.3) is 0 Å². The van der Waals surface area contributed by atoms with Crippen LogP contribution in [0.25, 0.3) is 0 Å². The van der Waals surface area contributed by atoms with Gasteiger partial charge in [0.15, 0.2) is 0 Å². The highest BCUT2D eigenvalue weighted by molar-refractivity contribution is 5.94. The van der Waals surface area contributed by atoms with Crippen LogP contribution in [0.4, 0.5) is 5.82 Å². The predicted molar refractivity (Wildman–Crippen MR) is 134 cm³/mol. The van der Waals surface area contributed by atoms with Crippen LogP contribution in [0, 0.1) is 0 Å². The number of esters is 1. The molecule has 0 spiro atoms. The first-order valence-electron chi connectivity index (χ1n) is 12.0. The molecule has 0 bridgehead atoms. The summed E-state index contributed by atoms with van der Waals surface area (Å²) in [6.07, 6.45) is 2.61. The van der Waals surface area contributed by atoms with Crippen molar-refractivity contribution in [2.75, 3.05) is 24.5 Å². The van der Waals surface area contributed by atoms with Crippen molar-refractivity contribution < 1.29 is 14.3 Å². The number of aromatic nitrogens is 1. The summed E-state index contributed by atoms with van der Waals surface area (Å²) in [5.41, 5.74) is 1.79. The molecule has 2 aromatic carbocycles. The minimum Gasteiger partial charge on any atom is -0.459 e. The normalized spacial score (nSPS) is 15.7. The highest BCUT2D eigenvalue weighted by Gasteiger charge is 2.30. The van der Waals surface area contributed by atoms with Gasteiger partial charge in [0.1, 0.15) is 22.9 Å². The summed E-state index contributed by atoms with van der Waals surface area (Å²) in [7, 11) is 0. The van der Waals surface area contributed by atoms with Gasteiger partial charge in [-0.1, -0.05) is 37.3 Å². The van der Waals surface area contributed by atoms with Crippen molar-refractivity contribution in [2.45, 2.75) is 45.9 Å². The van der Waals surface area contributed by atoms with Gasteiger partial charge in [-0.2, -0.15) is 0 Å². The van der Waals surface area contributed by atoms with Crippen LogP contribution in [0.3, 0.4) is 0 Å². The summed E-state index contributed by atoms with van der Waals surface area (Å²) in [4.78, 5) is 21.8. The molecule has 34 heavy (non-hydrogen) atoms. The number of benzene rings is 2. The maximum atomic E-state index is 12.6. The second-order valence-corrected chi connectivity index (χ2v) is 8.84. The Morgan fingerprint density at radius 3 is 2.50 bits per heavy atom. The van der Waals surface area contributed by atoms with Gasteiger partial charge >= 0.3 is 5.97 Å².